The fourth-order valence-corrected chi connectivity index (χ4v) is 3.83. The Labute approximate surface area is 149 Å². The number of nitrogens with one attached hydrogen (secondary N) is 1. The van der Waals surface area contributed by atoms with E-state index in [0.717, 1.165) is 0 Å². The SMILES string of the molecule is COc1cc2c(NS(=O)(=O)c3c(OC)cccc3OC)noc2cc1N. The molecule has 9 nitrogen and oxygen atoms in total. The third-order valence-electron chi connectivity index (χ3n) is 3.70. The van der Waals surface area contributed by atoms with Crippen LogP contribution in [-0.4, -0.2) is 34.9 Å². The maximum absolute atomic E-state index is 12.9. The highest BCUT2D eigenvalue weighted by Gasteiger charge is 2.27. The summed E-state index contributed by atoms with van der Waals surface area (Å²) in [6, 6.07) is 7.69. The molecule has 0 aliphatic carbocycles. The summed E-state index contributed by atoms with van der Waals surface area (Å²) in [7, 11) is 0.104. The maximum atomic E-state index is 12.9. The van der Waals surface area contributed by atoms with E-state index in [2.05, 4.69) is 9.88 Å². The fourth-order valence-electron chi connectivity index (χ4n) is 2.49. The lowest BCUT2D eigenvalue weighted by molar-refractivity contribution is 0.373. The van der Waals surface area contributed by atoms with Crippen LogP contribution in [0.3, 0.4) is 0 Å². The summed E-state index contributed by atoms with van der Waals surface area (Å²) in [5.41, 5.74) is 6.47. The Bertz CT molecular complexity index is 1040. The van der Waals surface area contributed by atoms with Crippen molar-refractivity contribution in [3.05, 3.63) is 30.3 Å². The first-order chi connectivity index (χ1) is 12.4. The molecule has 0 saturated carbocycles. The average molecular weight is 379 g/mol. The molecule has 138 valence electrons. The molecule has 1 heterocycles. The van der Waals surface area contributed by atoms with Gasteiger partial charge in [-0.3, -0.25) is 4.72 Å². The van der Waals surface area contributed by atoms with Crippen LogP contribution in [0.2, 0.25) is 0 Å². The number of benzene rings is 2. The Morgan fingerprint density at radius 2 is 1.65 bits per heavy atom. The summed E-state index contributed by atoms with van der Waals surface area (Å²) in [6.45, 7) is 0. The van der Waals surface area contributed by atoms with E-state index >= 15 is 0 Å². The van der Waals surface area contributed by atoms with Crippen LogP contribution < -0.4 is 24.7 Å². The second-order valence-electron chi connectivity index (χ2n) is 5.22. The predicted octanol–water partition coefficient (Wildman–Crippen LogP) is 2.24. The summed E-state index contributed by atoms with van der Waals surface area (Å²) >= 11 is 0. The molecule has 1 aromatic heterocycles. The number of rotatable bonds is 6. The second kappa shape index (κ2) is 6.64. The van der Waals surface area contributed by atoms with Gasteiger partial charge in [-0.05, 0) is 18.2 Å². The number of sulfonamides is 1. The molecule has 10 heteroatoms. The van der Waals surface area contributed by atoms with Crippen LogP contribution in [-0.2, 0) is 10.0 Å². The van der Waals surface area contributed by atoms with Crippen molar-refractivity contribution in [2.75, 3.05) is 31.8 Å². The van der Waals surface area contributed by atoms with Crippen molar-refractivity contribution in [3.63, 3.8) is 0 Å². The first-order valence-electron chi connectivity index (χ1n) is 7.38. The average Bonchev–Trinajstić information content (AvgIpc) is 3.00. The van der Waals surface area contributed by atoms with Crippen LogP contribution in [0.15, 0.2) is 39.8 Å². The molecule has 26 heavy (non-hydrogen) atoms. The van der Waals surface area contributed by atoms with Crippen molar-refractivity contribution in [3.8, 4) is 17.2 Å². The molecule has 0 bridgehead atoms. The summed E-state index contributed by atoms with van der Waals surface area (Å²) in [6.07, 6.45) is 0. The van der Waals surface area contributed by atoms with Crippen LogP contribution in [0.4, 0.5) is 11.5 Å². The van der Waals surface area contributed by atoms with Gasteiger partial charge in [0.2, 0.25) is 0 Å². The lowest BCUT2D eigenvalue weighted by Crippen LogP contribution is -2.15. The Hall–Kier alpha value is -3.14. The highest BCUT2D eigenvalue weighted by molar-refractivity contribution is 7.93. The molecule has 3 aromatic rings. The van der Waals surface area contributed by atoms with Crippen LogP contribution >= 0.6 is 0 Å². The summed E-state index contributed by atoms with van der Waals surface area (Å²) in [5.74, 6) is 0.625. The molecule has 0 atom stereocenters. The zero-order valence-electron chi connectivity index (χ0n) is 14.3. The van der Waals surface area contributed by atoms with Crippen molar-refractivity contribution in [1.82, 2.24) is 5.16 Å². The number of nitrogens with zero attached hydrogens (tertiary/aromatic N) is 1. The molecular formula is C16H17N3O6S. The van der Waals surface area contributed by atoms with Gasteiger partial charge in [0.1, 0.15) is 17.2 Å². The highest BCUT2D eigenvalue weighted by atomic mass is 32.2. The normalized spacial score (nSPS) is 11.3. The van der Waals surface area contributed by atoms with E-state index in [1.165, 1.54) is 39.5 Å². The quantitative estimate of drug-likeness (QED) is 0.625. The summed E-state index contributed by atoms with van der Waals surface area (Å²) < 4.78 is 48.8. The van der Waals surface area contributed by atoms with Crippen molar-refractivity contribution in [2.45, 2.75) is 4.90 Å². The van der Waals surface area contributed by atoms with Gasteiger partial charge >= 0.3 is 0 Å². The van der Waals surface area contributed by atoms with Crippen molar-refractivity contribution in [2.24, 2.45) is 0 Å². The lowest BCUT2D eigenvalue weighted by atomic mass is 10.2. The number of nitrogen functional groups attached to an aromatic ring is 1. The van der Waals surface area contributed by atoms with E-state index in [-0.39, 0.29) is 22.2 Å². The molecule has 3 rings (SSSR count). The Morgan fingerprint density at radius 3 is 2.23 bits per heavy atom. The van der Waals surface area contributed by atoms with Gasteiger partial charge in [-0.1, -0.05) is 11.2 Å². The number of hydrogen-bond acceptors (Lipinski definition) is 8. The first kappa shape index (κ1) is 17.7. The van der Waals surface area contributed by atoms with Crippen LogP contribution in [0, 0.1) is 0 Å². The van der Waals surface area contributed by atoms with Crippen LogP contribution in [0.25, 0.3) is 11.0 Å². The van der Waals surface area contributed by atoms with E-state index in [1.807, 2.05) is 0 Å². The monoisotopic (exact) mass is 379 g/mol. The minimum atomic E-state index is -4.08. The Kier molecular flexibility index (Phi) is 4.51. The Balaban J connectivity index is 2.10. The molecule has 0 amide bonds. The number of ether oxygens (including phenoxy) is 3. The predicted molar refractivity (Wildman–Crippen MR) is 95.3 cm³/mol. The van der Waals surface area contributed by atoms with Crippen molar-refractivity contribution >= 4 is 32.5 Å². The van der Waals surface area contributed by atoms with Gasteiger partial charge in [-0.25, -0.2) is 8.42 Å². The van der Waals surface area contributed by atoms with Crippen LogP contribution in [0.5, 0.6) is 17.2 Å². The zero-order chi connectivity index (χ0) is 18.9. The number of methoxy groups -OCH3 is 3. The largest absolute Gasteiger partial charge is 0.495 e. The van der Waals surface area contributed by atoms with E-state index in [9.17, 15) is 8.42 Å². The molecule has 0 spiro atoms. The minimum Gasteiger partial charge on any atom is -0.495 e. The molecule has 0 radical (unpaired) electrons. The Morgan fingerprint density at radius 1 is 1.04 bits per heavy atom. The van der Waals surface area contributed by atoms with Crippen LogP contribution in [0.1, 0.15) is 0 Å². The smallest absolute Gasteiger partial charge is 0.270 e. The van der Waals surface area contributed by atoms with E-state index < -0.39 is 10.0 Å². The van der Waals surface area contributed by atoms with Gasteiger partial charge in [0, 0.05) is 6.07 Å². The molecule has 0 aliphatic rings. The third kappa shape index (κ3) is 2.94. The van der Waals surface area contributed by atoms with E-state index in [4.69, 9.17) is 24.5 Å². The molecular weight excluding hydrogens is 362 g/mol. The third-order valence-corrected chi connectivity index (χ3v) is 5.11. The van der Waals surface area contributed by atoms with Gasteiger partial charge < -0.3 is 24.5 Å². The van der Waals surface area contributed by atoms with Crippen molar-refractivity contribution < 1.29 is 27.2 Å². The lowest BCUT2D eigenvalue weighted by Gasteiger charge is -2.13. The maximum Gasteiger partial charge on any atom is 0.270 e. The highest BCUT2D eigenvalue weighted by Crippen LogP contribution is 2.36. The number of nitrogens with two attached hydrogens (primary N) is 1. The zero-order valence-corrected chi connectivity index (χ0v) is 15.1. The van der Waals surface area contributed by atoms with Gasteiger partial charge in [-0.15, -0.1) is 0 Å². The fraction of sp³-hybridized carbons (Fsp3) is 0.188. The van der Waals surface area contributed by atoms with Gasteiger partial charge in [0.15, 0.2) is 16.3 Å². The number of hydrogen-bond donors (Lipinski definition) is 2. The molecule has 0 saturated heterocycles. The van der Waals surface area contributed by atoms with Gasteiger partial charge in [0.25, 0.3) is 10.0 Å². The summed E-state index contributed by atoms with van der Waals surface area (Å²) in [4.78, 5) is -0.149. The summed E-state index contributed by atoms with van der Waals surface area (Å²) in [5, 5.41) is 4.17. The van der Waals surface area contributed by atoms with Gasteiger partial charge in [0.05, 0.1) is 32.4 Å². The second-order valence-corrected chi connectivity index (χ2v) is 6.84. The van der Waals surface area contributed by atoms with Crippen molar-refractivity contribution in [1.29, 1.82) is 0 Å². The number of anilines is 2. The molecule has 0 fully saturated rings. The minimum absolute atomic E-state index is 0.00809. The standard InChI is InChI=1S/C16H17N3O6S/c1-22-11-5-4-6-12(23-2)15(11)26(20,21)19-16-9-7-14(24-3)10(17)8-13(9)25-18-16/h4-8H,17H2,1-3H3,(H,18,19). The molecule has 2 aromatic carbocycles. The number of aromatic nitrogens is 1. The first-order valence-corrected chi connectivity index (χ1v) is 8.86. The topological polar surface area (TPSA) is 126 Å². The molecule has 3 N–H and O–H groups in total. The molecule has 0 aliphatic heterocycles. The van der Waals surface area contributed by atoms with E-state index in [1.54, 1.807) is 12.1 Å². The number of fused-ring (bicyclic) bond motifs is 1. The van der Waals surface area contributed by atoms with E-state index in [0.29, 0.717) is 22.4 Å². The van der Waals surface area contributed by atoms with Gasteiger partial charge in [-0.2, -0.15) is 0 Å². The molecule has 0 unspecified atom stereocenters.